The minimum absolute atomic E-state index is 0.136. The summed E-state index contributed by atoms with van der Waals surface area (Å²) in [6.45, 7) is -1.14. The molecule has 0 aromatic heterocycles. The van der Waals surface area contributed by atoms with Crippen LogP contribution in [0.15, 0.2) is 71.6 Å². The Kier molecular flexibility index (Phi) is 8.07. The van der Waals surface area contributed by atoms with Crippen LogP contribution in [0.2, 0.25) is 0 Å². The van der Waals surface area contributed by atoms with Crippen LogP contribution >= 0.6 is 0 Å². The lowest BCUT2D eigenvalue weighted by atomic mass is 9.98. The van der Waals surface area contributed by atoms with E-state index >= 15 is 0 Å². The van der Waals surface area contributed by atoms with Crippen molar-refractivity contribution in [2.75, 3.05) is 25.2 Å². The van der Waals surface area contributed by atoms with Crippen LogP contribution in [-0.4, -0.2) is 88.8 Å². The molecule has 1 heterocycles. The Hall–Kier alpha value is -2.81. The molecule has 0 bridgehead atoms. The summed E-state index contributed by atoms with van der Waals surface area (Å²) in [6, 6.07) is 18.2. The Morgan fingerprint density at radius 3 is 2.28 bits per heavy atom. The smallest absolute Gasteiger partial charge is 0.245 e. The van der Waals surface area contributed by atoms with Crippen molar-refractivity contribution in [3.8, 4) is 5.75 Å². The maximum Gasteiger partial charge on any atom is 0.245 e. The van der Waals surface area contributed by atoms with Crippen molar-refractivity contribution in [1.29, 1.82) is 0 Å². The predicted molar refractivity (Wildman–Crippen MR) is 129 cm³/mol. The van der Waals surface area contributed by atoms with Gasteiger partial charge in [0, 0.05) is 0 Å². The van der Waals surface area contributed by atoms with Crippen LogP contribution in [0, 0.1) is 0 Å². The van der Waals surface area contributed by atoms with Crippen molar-refractivity contribution < 1.29 is 43.5 Å². The van der Waals surface area contributed by atoms with E-state index in [0.29, 0.717) is 5.75 Å². The number of nitrogens with one attached hydrogen (secondary N) is 1. The lowest BCUT2D eigenvalue weighted by Crippen LogP contribution is -2.64. The Morgan fingerprint density at radius 2 is 1.61 bits per heavy atom. The maximum absolute atomic E-state index is 13.6. The molecule has 1 aliphatic rings. The van der Waals surface area contributed by atoms with Crippen molar-refractivity contribution in [2.45, 2.75) is 35.5 Å². The summed E-state index contributed by atoms with van der Waals surface area (Å²) in [5, 5.41) is 51.5. The average molecular weight is 521 g/mol. The van der Waals surface area contributed by atoms with Crippen molar-refractivity contribution in [1.82, 2.24) is 4.31 Å². The summed E-state index contributed by atoms with van der Waals surface area (Å²) < 4.78 is 39.3. The number of hydrogen-bond donors (Lipinski definition) is 6. The minimum Gasteiger partial charge on any atom is -0.492 e. The lowest BCUT2D eigenvalue weighted by Gasteiger charge is -2.43. The molecule has 1 fully saturated rings. The van der Waals surface area contributed by atoms with Gasteiger partial charge in [0.2, 0.25) is 10.0 Å². The molecule has 0 spiro atoms. The second kappa shape index (κ2) is 11.1. The Bertz CT molecular complexity index is 1270. The average Bonchev–Trinajstić information content (AvgIpc) is 2.90. The molecule has 0 unspecified atom stereocenters. The standard InChI is InChI=1S/C24H28N2O9S/c27-14-20-21(28)22(29)23(30)24(35-20)26(36(32,33)19-9-6-17(25-31)7-10-19)11-12-34-18-8-5-15-3-1-2-4-16(15)13-18/h1-10,13,20-25,27-31H,11-12,14H2/t20-,21+,22+,23-,24-/m1/s1. The van der Waals surface area contributed by atoms with Gasteiger partial charge >= 0.3 is 0 Å². The highest BCUT2D eigenvalue weighted by atomic mass is 32.2. The van der Waals surface area contributed by atoms with Crippen LogP contribution in [0.1, 0.15) is 0 Å². The minimum atomic E-state index is -4.34. The zero-order valence-corrected chi connectivity index (χ0v) is 19.9. The van der Waals surface area contributed by atoms with Gasteiger partial charge in [-0.15, -0.1) is 0 Å². The van der Waals surface area contributed by atoms with Crippen molar-refractivity contribution in [2.24, 2.45) is 0 Å². The Morgan fingerprint density at radius 1 is 0.917 bits per heavy atom. The molecular weight excluding hydrogens is 492 g/mol. The summed E-state index contributed by atoms with van der Waals surface area (Å²) in [5.41, 5.74) is 2.17. The SMILES string of the molecule is O=S(=O)(c1ccc(NO)cc1)N(CCOc1ccc2ccccc2c1)[C@@H]1O[C@H](CO)[C@H](O)[C@H](O)[C@H]1O. The van der Waals surface area contributed by atoms with Crippen LogP contribution < -0.4 is 10.2 Å². The number of nitrogens with zero attached hydrogens (tertiary/aromatic N) is 1. The van der Waals surface area contributed by atoms with Crippen LogP contribution in [0.5, 0.6) is 5.75 Å². The van der Waals surface area contributed by atoms with Gasteiger partial charge in [-0.1, -0.05) is 30.3 Å². The Labute approximate surface area is 207 Å². The molecule has 4 rings (SSSR count). The highest BCUT2D eigenvalue weighted by Crippen LogP contribution is 2.29. The van der Waals surface area contributed by atoms with E-state index in [0.717, 1.165) is 15.1 Å². The fraction of sp³-hybridized carbons (Fsp3) is 0.333. The Balaban J connectivity index is 1.61. The first-order valence-corrected chi connectivity index (χ1v) is 12.6. The molecule has 0 amide bonds. The molecule has 0 saturated carbocycles. The fourth-order valence-corrected chi connectivity index (χ4v) is 5.57. The van der Waals surface area contributed by atoms with E-state index in [4.69, 9.17) is 14.7 Å². The zero-order valence-electron chi connectivity index (χ0n) is 19.1. The summed E-state index contributed by atoms with van der Waals surface area (Å²) in [4.78, 5) is -0.177. The van der Waals surface area contributed by atoms with E-state index < -0.39 is 47.3 Å². The van der Waals surface area contributed by atoms with Gasteiger partial charge in [-0.3, -0.25) is 10.7 Å². The van der Waals surface area contributed by atoms with Gasteiger partial charge in [0.05, 0.1) is 23.7 Å². The molecule has 12 heteroatoms. The third-order valence-corrected chi connectivity index (χ3v) is 7.92. The molecule has 3 aromatic rings. The monoisotopic (exact) mass is 520 g/mol. The first-order chi connectivity index (χ1) is 17.3. The quantitative estimate of drug-likeness (QED) is 0.219. The maximum atomic E-state index is 13.6. The zero-order chi connectivity index (χ0) is 25.9. The normalized spacial score (nSPS) is 24.7. The number of rotatable bonds is 9. The third kappa shape index (κ3) is 5.31. The molecule has 36 heavy (non-hydrogen) atoms. The van der Waals surface area contributed by atoms with Crippen LogP contribution in [0.4, 0.5) is 5.69 Å². The molecule has 6 N–H and O–H groups in total. The van der Waals surface area contributed by atoms with Gasteiger partial charge in [-0.2, -0.15) is 4.31 Å². The van der Waals surface area contributed by atoms with E-state index in [2.05, 4.69) is 0 Å². The van der Waals surface area contributed by atoms with E-state index in [1.807, 2.05) is 41.9 Å². The highest BCUT2D eigenvalue weighted by molar-refractivity contribution is 7.89. The van der Waals surface area contributed by atoms with Crippen molar-refractivity contribution in [3.63, 3.8) is 0 Å². The van der Waals surface area contributed by atoms with Gasteiger partial charge in [0.15, 0.2) is 6.23 Å². The first kappa shape index (κ1) is 26.3. The number of hydrogen-bond acceptors (Lipinski definition) is 10. The van der Waals surface area contributed by atoms with E-state index in [-0.39, 0.29) is 23.7 Å². The van der Waals surface area contributed by atoms with Gasteiger partial charge in [-0.25, -0.2) is 8.42 Å². The van der Waals surface area contributed by atoms with Gasteiger partial charge in [-0.05, 0) is 47.2 Å². The molecule has 0 aliphatic carbocycles. The van der Waals surface area contributed by atoms with Gasteiger partial charge < -0.3 is 29.9 Å². The van der Waals surface area contributed by atoms with Crippen molar-refractivity contribution >= 4 is 26.5 Å². The highest BCUT2D eigenvalue weighted by Gasteiger charge is 2.48. The lowest BCUT2D eigenvalue weighted by molar-refractivity contribution is -0.253. The third-order valence-electron chi connectivity index (χ3n) is 6.04. The van der Waals surface area contributed by atoms with E-state index in [1.54, 1.807) is 6.07 Å². The van der Waals surface area contributed by atoms with Crippen LogP contribution in [-0.2, 0) is 14.8 Å². The molecular formula is C24H28N2O9S. The van der Waals surface area contributed by atoms with E-state index in [1.165, 1.54) is 24.3 Å². The summed E-state index contributed by atoms with van der Waals surface area (Å²) in [7, 11) is -4.34. The summed E-state index contributed by atoms with van der Waals surface area (Å²) in [5.74, 6) is 0.498. The number of benzene rings is 3. The van der Waals surface area contributed by atoms with Gasteiger partial charge in [0.1, 0.15) is 36.8 Å². The number of fused-ring (bicyclic) bond motifs is 1. The number of aliphatic hydroxyl groups excluding tert-OH is 4. The molecule has 3 aromatic carbocycles. The number of sulfonamides is 1. The van der Waals surface area contributed by atoms with Crippen LogP contribution in [0.3, 0.4) is 0 Å². The first-order valence-electron chi connectivity index (χ1n) is 11.2. The number of anilines is 1. The topological polar surface area (TPSA) is 169 Å². The molecule has 0 radical (unpaired) electrons. The summed E-state index contributed by atoms with van der Waals surface area (Å²) >= 11 is 0. The van der Waals surface area contributed by atoms with Crippen LogP contribution in [0.25, 0.3) is 10.8 Å². The molecule has 1 saturated heterocycles. The fourth-order valence-electron chi connectivity index (χ4n) is 4.05. The van der Waals surface area contributed by atoms with Gasteiger partial charge in [0.25, 0.3) is 0 Å². The second-order valence-corrected chi connectivity index (χ2v) is 10.2. The molecule has 194 valence electrons. The predicted octanol–water partition coefficient (Wildman–Crippen LogP) is 0.510. The largest absolute Gasteiger partial charge is 0.492 e. The molecule has 1 aliphatic heterocycles. The van der Waals surface area contributed by atoms with Crippen molar-refractivity contribution in [3.05, 3.63) is 66.7 Å². The number of ether oxygens (including phenoxy) is 2. The molecule has 11 nitrogen and oxygen atoms in total. The van der Waals surface area contributed by atoms with E-state index in [9.17, 15) is 28.8 Å². The number of aliphatic hydroxyl groups is 4. The molecule has 5 atom stereocenters. The summed E-state index contributed by atoms with van der Waals surface area (Å²) in [6.07, 6.45) is -8.14. The second-order valence-electron chi connectivity index (χ2n) is 8.33.